The van der Waals surface area contributed by atoms with Gasteiger partial charge in [0.1, 0.15) is 0 Å². The molecule has 2 saturated carbocycles. The van der Waals surface area contributed by atoms with Gasteiger partial charge in [0.15, 0.2) is 0 Å². The molecule has 3 nitrogen and oxygen atoms in total. The van der Waals surface area contributed by atoms with Crippen LogP contribution in [0.25, 0.3) is 22.2 Å². The van der Waals surface area contributed by atoms with E-state index in [4.69, 9.17) is 4.98 Å². The number of aromatic nitrogens is 1. The van der Waals surface area contributed by atoms with Gasteiger partial charge in [-0.1, -0.05) is 72.2 Å². The zero-order valence-electron chi connectivity index (χ0n) is 26.4. The minimum absolute atomic E-state index is 0. The normalized spacial score (nSPS) is 24.8. The predicted octanol–water partition coefficient (Wildman–Crippen LogP) is 9.16. The summed E-state index contributed by atoms with van der Waals surface area (Å²) in [6.07, 6.45) is 9.37. The molecule has 1 aromatic heterocycles. The van der Waals surface area contributed by atoms with E-state index in [1.54, 1.807) is 0 Å². The molecule has 2 aromatic carbocycles. The zero-order chi connectivity index (χ0) is 29.1. The third-order valence-electron chi connectivity index (χ3n) is 11.0. The van der Waals surface area contributed by atoms with Crippen molar-refractivity contribution in [1.82, 2.24) is 4.98 Å². The molecule has 0 bridgehead atoms. The summed E-state index contributed by atoms with van der Waals surface area (Å²) in [5, 5.41) is 23.6. The largest absolute Gasteiger partial charge is 0.392 e. The molecule has 227 valence electrons. The van der Waals surface area contributed by atoms with Gasteiger partial charge >= 0.3 is 0 Å². The number of aliphatic hydroxyl groups is 2. The van der Waals surface area contributed by atoms with Crippen molar-refractivity contribution in [3.63, 3.8) is 0 Å². The molecule has 4 heteroatoms. The minimum Gasteiger partial charge on any atom is -0.392 e. The van der Waals surface area contributed by atoms with Crippen LogP contribution >= 0.6 is 0 Å². The number of hydrogen-bond acceptors (Lipinski definition) is 3. The van der Waals surface area contributed by atoms with Crippen LogP contribution in [0.15, 0.2) is 42.5 Å². The number of rotatable bonds is 5. The average Bonchev–Trinajstić information content (AvgIpc) is 3.10. The summed E-state index contributed by atoms with van der Waals surface area (Å²) < 4.78 is 0. The molecular weight excluding hydrogens is 683 g/mol. The number of pyridine rings is 1. The van der Waals surface area contributed by atoms with Gasteiger partial charge in [-0.15, -0.1) is 34.9 Å². The molecule has 1 radical (unpaired) electrons. The van der Waals surface area contributed by atoms with Crippen molar-refractivity contribution < 1.29 is 30.3 Å². The molecule has 41 heavy (non-hydrogen) atoms. The van der Waals surface area contributed by atoms with E-state index in [0.717, 1.165) is 60.9 Å². The van der Waals surface area contributed by atoms with Crippen LogP contribution in [0.5, 0.6) is 0 Å². The molecule has 0 aliphatic heterocycles. The second kappa shape index (κ2) is 14.3. The Hall–Kier alpha value is -1.58. The number of fused-ring (bicyclic) bond motifs is 2. The van der Waals surface area contributed by atoms with Crippen molar-refractivity contribution in [1.29, 1.82) is 0 Å². The van der Waals surface area contributed by atoms with E-state index in [9.17, 15) is 10.2 Å². The first-order valence-electron chi connectivity index (χ1n) is 15.9. The summed E-state index contributed by atoms with van der Waals surface area (Å²) in [6.45, 7) is 15.2. The van der Waals surface area contributed by atoms with Gasteiger partial charge < -0.3 is 10.2 Å². The SMILES string of the molecule is CCC1(CC)CCCC2CCC(CC)(CC)C(O)C2C1O.Cc1[c-]c(-c2ccc3c(C)cccc3n2)cc(C)c1.[Ir]. The maximum Gasteiger partial charge on any atom is 0.0651 e. The van der Waals surface area contributed by atoms with Crippen LogP contribution in [0.1, 0.15) is 102 Å². The fourth-order valence-corrected chi connectivity index (χ4v) is 8.05. The van der Waals surface area contributed by atoms with E-state index in [1.807, 2.05) is 0 Å². The van der Waals surface area contributed by atoms with E-state index in [-0.39, 0.29) is 49.1 Å². The van der Waals surface area contributed by atoms with Crippen molar-refractivity contribution in [2.75, 3.05) is 0 Å². The minimum atomic E-state index is -0.326. The summed E-state index contributed by atoms with van der Waals surface area (Å²) >= 11 is 0. The van der Waals surface area contributed by atoms with Gasteiger partial charge in [-0.05, 0) is 92.4 Å². The number of aryl methyl sites for hydroxylation is 3. The van der Waals surface area contributed by atoms with Crippen LogP contribution in [0.2, 0.25) is 0 Å². The third kappa shape index (κ3) is 6.82. The molecule has 2 N–H and O–H groups in total. The quantitative estimate of drug-likeness (QED) is 0.257. The summed E-state index contributed by atoms with van der Waals surface area (Å²) in [4.78, 5) is 4.76. The summed E-state index contributed by atoms with van der Waals surface area (Å²) in [5.74, 6) is 0.627. The average molecular weight is 735 g/mol. The van der Waals surface area contributed by atoms with Gasteiger partial charge in [0.25, 0.3) is 0 Å². The first-order chi connectivity index (χ1) is 19.1. The molecule has 4 atom stereocenters. The summed E-state index contributed by atoms with van der Waals surface area (Å²) in [7, 11) is 0. The number of nitrogens with zero attached hydrogens (tertiary/aromatic N) is 1. The Morgan fingerprint density at radius 3 is 2.07 bits per heavy atom. The number of aliphatic hydroxyl groups excluding tert-OH is 2. The molecule has 2 fully saturated rings. The number of hydrogen-bond donors (Lipinski definition) is 2. The van der Waals surface area contributed by atoms with Gasteiger partial charge in [0, 0.05) is 31.4 Å². The van der Waals surface area contributed by atoms with E-state index in [2.05, 4.69) is 97.0 Å². The van der Waals surface area contributed by atoms with E-state index in [0.29, 0.717) is 5.92 Å². The van der Waals surface area contributed by atoms with Crippen LogP contribution in [-0.2, 0) is 20.1 Å². The van der Waals surface area contributed by atoms with E-state index >= 15 is 0 Å². The van der Waals surface area contributed by atoms with E-state index in [1.165, 1.54) is 35.8 Å². The molecule has 2 aliphatic carbocycles. The van der Waals surface area contributed by atoms with Crippen LogP contribution in [0.3, 0.4) is 0 Å². The molecule has 0 amide bonds. The zero-order valence-corrected chi connectivity index (χ0v) is 28.8. The molecule has 0 spiro atoms. The summed E-state index contributed by atoms with van der Waals surface area (Å²) in [5.41, 5.74) is 6.85. The van der Waals surface area contributed by atoms with Crippen molar-refractivity contribution in [3.8, 4) is 11.3 Å². The Morgan fingerprint density at radius 1 is 0.829 bits per heavy atom. The van der Waals surface area contributed by atoms with Crippen LogP contribution < -0.4 is 0 Å². The topological polar surface area (TPSA) is 53.4 Å². The van der Waals surface area contributed by atoms with Gasteiger partial charge in [-0.25, -0.2) is 0 Å². The van der Waals surface area contributed by atoms with Gasteiger partial charge in [0.2, 0.25) is 0 Å². The predicted molar refractivity (Wildman–Crippen MR) is 168 cm³/mol. The Kier molecular flexibility index (Phi) is 11.8. The van der Waals surface area contributed by atoms with Crippen LogP contribution in [0.4, 0.5) is 0 Å². The molecule has 1 heterocycles. The molecule has 5 rings (SSSR count). The van der Waals surface area contributed by atoms with Crippen molar-refractivity contribution in [3.05, 3.63) is 65.2 Å². The standard InChI is InChI=1S/C19H36O2.C18H16N.Ir/c1-5-18(6-2)12-9-10-14-11-13-19(7-3,8-4)17(21)15(14)16(18)20;1-12-9-13(2)11-15(10-12)17-8-7-16-14(3)5-4-6-18(16)19-17;/h14-17,20-21H,5-13H2,1-4H3;4-10H,1-3H3;/q;-1;. The Balaban J connectivity index is 0.000000221. The fraction of sp³-hybridized carbons (Fsp3) is 0.595. The summed E-state index contributed by atoms with van der Waals surface area (Å²) in [6, 6.07) is 18.1. The smallest absolute Gasteiger partial charge is 0.0651 e. The first-order valence-corrected chi connectivity index (χ1v) is 15.9. The third-order valence-corrected chi connectivity index (χ3v) is 11.0. The van der Waals surface area contributed by atoms with Crippen molar-refractivity contribution in [2.24, 2.45) is 22.7 Å². The van der Waals surface area contributed by atoms with Crippen molar-refractivity contribution >= 4 is 10.9 Å². The number of benzene rings is 2. The fourth-order valence-electron chi connectivity index (χ4n) is 8.05. The molecule has 3 aromatic rings. The Bertz CT molecular complexity index is 1260. The van der Waals surface area contributed by atoms with Gasteiger partial charge in [-0.3, -0.25) is 4.98 Å². The van der Waals surface area contributed by atoms with Crippen molar-refractivity contribution in [2.45, 2.75) is 118 Å². The Morgan fingerprint density at radius 2 is 1.46 bits per heavy atom. The Labute approximate surface area is 262 Å². The molecule has 2 aliphatic rings. The molecular formula is C37H52IrNO2-. The second-order valence-corrected chi connectivity index (χ2v) is 12.9. The maximum absolute atomic E-state index is 11.2. The monoisotopic (exact) mass is 735 g/mol. The van der Waals surface area contributed by atoms with E-state index < -0.39 is 0 Å². The van der Waals surface area contributed by atoms with Gasteiger partial charge in [0.05, 0.1) is 17.7 Å². The van der Waals surface area contributed by atoms with Crippen LogP contribution in [0, 0.1) is 49.5 Å². The van der Waals surface area contributed by atoms with Gasteiger partial charge in [-0.2, -0.15) is 0 Å². The first kappa shape index (κ1) is 33.9. The molecule has 4 unspecified atom stereocenters. The molecule has 0 saturated heterocycles. The van der Waals surface area contributed by atoms with Crippen LogP contribution in [-0.4, -0.2) is 27.4 Å². The second-order valence-electron chi connectivity index (χ2n) is 12.9. The maximum atomic E-state index is 11.2.